The van der Waals surface area contributed by atoms with Gasteiger partial charge in [-0.3, -0.25) is 9.67 Å². The van der Waals surface area contributed by atoms with Crippen molar-refractivity contribution in [1.82, 2.24) is 25.3 Å². The summed E-state index contributed by atoms with van der Waals surface area (Å²) in [5, 5.41) is 11.4. The van der Waals surface area contributed by atoms with Gasteiger partial charge in [-0.1, -0.05) is 18.2 Å². The van der Waals surface area contributed by atoms with Gasteiger partial charge in [-0.15, -0.1) is 5.10 Å². The van der Waals surface area contributed by atoms with Crippen LogP contribution in [0, 0.1) is 6.92 Å². The van der Waals surface area contributed by atoms with Gasteiger partial charge in [0.15, 0.2) is 0 Å². The molecule has 17 heavy (non-hydrogen) atoms. The summed E-state index contributed by atoms with van der Waals surface area (Å²) in [6.45, 7) is 4.98. The fourth-order valence-electron chi connectivity index (χ4n) is 1.94. The lowest BCUT2D eigenvalue weighted by Crippen LogP contribution is -2.25. The van der Waals surface area contributed by atoms with Gasteiger partial charge in [-0.2, -0.15) is 0 Å². The first-order valence-electron chi connectivity index (χ1n) is 5.73. The van der Waals surface area contributed by atoms with Crippen LogP contribution >= 0.6 is 0 Å². The molecule has 2 aromatic rings. The molecule has 0 spiro atoms. The standard InChI is InChI=1S/C12H17N5/c1-4-13-12(11-8-15-16-17(11)3)10-6-5-7-14-9(10)2/h5-8,12-13H,4H2,1-3H3. The second kappa shape index (κ2) is 5.05. The van der Waals surface area contributed by atoms with Gasteiger partial charge in [0.2, 0.25) is 0 Å². The summed E-state index contributed by atoms with van der Waals surface area (Å²) in [5.41, 5.74) is 3.24. The summed E-state index contributed by atoms with van der Waals surface area (Å²) in [4.78, 5) is 4.33. The number of aryl methyl sites for hydroxylation is 2. The number of hydrogen-bond acceptors (Lipinski definition) is 4. The molecule has 1 N–H and O–H groups in total. The van der Waals surface area contributed by atoms with Gasteiger partial charge >= 0.3 is 0 Å². The average Bonchev–Trinajstić information content (AvgIpc) is 2.74. The molecule has 0 fully saturated rings. The maximum atomic E-state index is 4.33. The van der Waals surface area contributed by atoms with E-state index in [1.165, 1.54) is 5.56 Å². The van der Waals surface area contributed by atoms with Crippen LogP contribution in [-0.4, -0.2) is 26.5 Å². The van der Waals surface area contributed by atoms with Gasteiger partial charge in [0, 0.05) is 18.9 Å². The molecule has 2 heterocycles. The van der Waals surface area contributed by atoms with E-state index in [2.05, 4.69) is 33.6 Å². The van der Waals surface area contributed by atoms with Crippen LogP contribution in [0.5, 0.6) is 0 Å². The van der Waals surface area contributed by atoms with Crippen molar-refractivity contribution in [3.63, 3.8) is 0 Å². The Morgan fingerprint density at radius 2 is 2.29 bits per heavy atom. The van der Waals surface area contributed by atoms with Gasteiger partial charge in [-0.05, 0) is 25.1 Å². The third-order valence-corrected chi connectivity index (χ3v) is 2.81. The van der Waals surface area contributed by atoms with Crippen LogP contribution < -0.4 is 5.32 Å². The molecule has 1 atom stereocenters. The number of hydrogen-bond donors (Lipinski definition) is 1. The quantitative estimate of drug-likeness (QED) is 0.859. The molecule has 1 unspecified atom stereocenters. The van der Waals surface area contributed by atoms with E-state index in [1.54, 1.807) is 10.9 Å². The maximum Gasteiger partial charge on any atom is 0.0799 e. The summed E-state index contributed by atoms with van der Waals surface area (Å²) < 4.78 is 1.79. The van der Waals surface area contributed by atoms with Gasteiger partial charge in [0.05, 0.1) is 17.9 Å². The van der Waals surface area contributed by atoms with Crippen molar-refractivity contribution < 1.29 is 0 Å². The summed E-state index contributed by atoms with van der Waals surface area (Å²) in [7, 11) is 1.90. The molecule has 2 aromatic heterocycles. The first-order chi connectivity index (χ1) is 8.24. The smallest absolute Gasteiger partial charge is 0.0799 e. The minimum Gasteiger partial charge on any atom is -0.305 e. The molecule has 5 nitrogen and oxygen atoms in total. The molecule has 0 radical (unpaired) electrons. The van der Waals surface area contributed by atoms with Gasteiger partial charge in [-0.25, -0.2) is 0 Å². The molecule has 2 rings (SSSR count). The van der Waals surface area contributed by atoms with E-state index in [1.807, 2.05) is 26.2 Å². The second-order valence-corrected chi connectivity index (χ2v) is 3.95. The monoisotopic (exact) mass is 231 g/mol. The highest BCUT2D eigenvalue weighted by atomic mass is 15.4. The van der Waals surface area contributed by atoms with E-state index >= 15 is 0 Å². The number of rotatable bonds is 4. The molecule has 5 heteroatoms. The Labute approximate surface area is 101 Å². The molecule has 0 amide bonds. The lowest BCUT2D eigenvalue weighted by Gasteiger charge is -2.19. The highest BCUT2D eigenvalue weighted by Gasteiger charge is 2.18. The van der Waals surface area contributed by atoms with E-state index in [-0.39, 0.29) is 6.04 Å². The lowest BCUT2D eigenvalue weighted by molar-refractivity contribution is 0.564. The largest absolute Gasteiger partial charge is 0.305 e. The molecule has 90 valence electrons. The normalized spacial score (nSPS) is 12.6. The van der Waals surface area contributed by atoms with Crippen molar-refractivity contribution >= 4 is 0 Å². The van der Waals surface area contributed by atoms with E-state index in [0.717, 1.165) is 17.9 Å². The van der Waals surface area contributed by atoms with Crippen LogP contribution in [0.1, 0.15) is 29.9 Å². The summed E-state index contributed by atoms with van der Waals surface area (Å²) >= 11 is 0. The Morgan fingerprint density at radius 3 is 2.88 bits per heavy atom. The topological polar surface area (TPSA) is 55.6 Å². The predicted octanol–water partition coefficient (Wildman–Crippen LogP) is 1.22. The lowest BCUT2D eigenvalue weighted by atomic mass is 10.0. The summed E-state index contributed by atoms with van der Waals surface area (Å²) in [5.74, 6) is 0. The molecule has 0 bridgehead atoms. The first-order valence-corrected chi connectivity index (χ1v) is 5.73. The van der Waals surface area contributed by atoms with Crippen LogP contribution in [0.4, 0.5) is 0 Å². The fraction of sp³-hybridized carbons (Fsp3) is 0.417. The van der Waals surface area contributed by atoms with E-state index in [4.69, 9.17) is 0 Å². The molecule has 0 saturated heterocycles. The minimum absolute atomic E-state index is 0.0914. The van der Waals surface area contributed by atoms with Crippen molar-refractivity contribution in [3.8, 4) is 0 Å². The molecule has 0 aliphatic heterocycles. The van der Waals surface area contributed by atoms with Gasteiger partial charge in [0.1, 0.15) is 0 Å². The Hall–Kier alpha value is -1.75. The van der Waals surface area contributed by atoms with E-state index < -0.39 is 0 Å². The number of pyridine rings is 1. The Kier molecular flexibility index (Phi) is 3.49. The molecule has 0 aromatic carbocycles. The first kappa shape index (κ1) is 11.7. The van der Waals surface area contributed by atoms with Crippen LogP contribution in [0.15, 0.2) is 24.5 Å². The third-order valence-electron chi connectivity index (χ3n) is 2.81. The van der Waals surface area contributed by atoms with E-state index in [0.29, 0.717) is 0 Å². The maximum absolute atomic E-state index is 4.33. The molecule has 0 saturated carbocycles. The SMILES string of the molecule is CCNC(c1cccnc1C)c1cnnn1C. The Morgan fingerprint density at radius 1 is 1.47 bits per heavy atom. The average molecular weight is 231 g/mol. The minimum atomic E-state index is 0.0914. The number of aromatic nitrogens is 4. The molecular weight excluding hydrogens is 214 g/mol. The second-order valence-electron chi connectivity index (χ2n) is 3.95. The number of nitrogens with one attached hydrogen (secondary N) is 1. The van der Waals surface area contributed by atoms with Gasteiger partial charge < -0.3 is 5.32 Å². The molecule has 0 aliphatic rings. The van der Waals surface area contributed by atoms with E-state index in [9.17, 15) is 0 Å². The van der Waals surface area contributed by atoms with Crippen molar-refractivity contribution in [1.29, 1.82) is 0 Å². The van der Waals surface area contributed by atoms with Crippen molar-refractivity contribution in [2.75, 3.05) is 6.54 Å². The van der Waals surface area contributed by atoms with Crippen LogP contribution in [-0.2, 0) is 7.05 Å². The zero-order valence-corrected chi connectivity index (χ0v) is 10.4. The van der Waals surface area contributed by atoms with Gasteiger partial charge in [0.25, 0.3) is 0 Å². The molecule has 0 aliphatic carbocycles. The van der Waals surface area contributed by atoms with Crippen LogP contribution in [0.25, 0.3) is 0 Å². The third kappa shape index (κ3) is 2.34. The van der Waals surface area contributed by atoms with Crippen LogP contribution in [0.2, 0.25) is 0 Å². The zero-order valence-electron chi connectivity index (χ0n) is 10.4. The van der Waals surface area contributed by atoms with Crippen LogP contribution in [0.3, 0.4) is 0 Å². The number of nitrogens with zero attached hydrogens (tertiary/aromatic N) is 4. The molecular formula is C12H17N5. The summed E-state index contributed by atoms with van der Waals surface area (Å²) in [6.07, 6.45) is 3.60. The predicted molar refractivity (Wildman–Crippen MR) is 65.5 cm³/mol. The van der Waals surface area contributed by atoms with Crippen molar-refractivity contribution in [3.05, 3.63) is 41.5 Å². The Bertz CT molecular complexity index is 491. The van der Waals surface area contributed by atoms with Crippen molar-refractivity contribution in [2.45, 2.75) is 19.9 Å². The fourth-order valence-corrected chi connectivity index (χ4v) is 1.94. The zero-order chi connectivity index (χ0) is 12.3. The highest BCUT2D eigenvalue weighted by Crippen LogP contribution is 2.22. The Balaban J connectivity index is 2.43. The van der Waals surface area contributed by atoms with Crippen molar-refractivity contribution in [2.24, 2.45) is 7.05 Å². The summed E-state index contributed by atoms with van der Waals surface area (Å²) in [6, 6.07) is 4.13. The highest BCUT2D eigenvalue weighted by molar-refractivity contribution is 5.29.